The maximum Gasteiger partial charge on any atom is 0.265 e. The second kappa shape index (κ2) is 3.48. The standard InChI is InChI=1S/C5H12O5S/c1-5(2-6,3-7)4-11(8,9)10/h6-7H,2-4H2,1H3,(H,8,9,10). The molecule has 0 aliphatic heterocycles. The molecule has 68 valence electrons. The van der Waals surface area contributed by atoms with Crippen molar-refractivity contribution in [2.45, 2.75) is 6.92 Å². The summed E-state index contributed by atoms with van der Waals surface area (Å²) in [5.74, 6) is -0.632. The largest absolute Gasteiger partial charge is 0.396 e. The van der Waals surface area contributed by atoms with Gasteiger partial charge in [0.25, 0.3) is 10.1 Å². The summed E-state index contributed by atoms with van der Waals surface area (Å²) in [6.07, 6.45) is 0. The first kappa shape index (κ1) is 10.8. The summed E-state index contributed by atoms with van der Waals surface area (Å²) in [5.41, 5.74) is -1.16. The van der Waals surface area contributed by atoms with Gasteiger partial charge in [0.15, 0.2) is 0 Å². The Kier molecular flexibility index (Phi) is 3.43. The lowest BCUT2D eigenvalue weighted by Crippen LogP contribution is -2.34. The molecule has 0 radical (unpaired) electrons. The number of aliphatic hydroxyl groups is 2. The van der Waals surface area contributed by atoms with Crippen LogP contribution >= 0.6 is 0 Å². The SMILES string of the molecule is CC(CO)(CO)CS(=O)(=O)O. The molecule has 0 saturated carbocycles. The molecule has 0 aliphatic carbocycles. The van der Waals surface area contributed by atoms with Gasteiger partial charge in [-0.3, -0.25) is 4.55 Å². The number of hydrogen-bond donors (Lipinski definition) is 3. The Hall–Kier alpha value is -0.170. The van der Waals surface area contributed by atoms with Gasteiger partial charge in [-0.25, -0.2) is 0 Å². The molecule has 0 aromatic carbocycles. The molecule has 0 spiro atoms. The molecule has 0 saturated heterocycles. The van der Waals surface area contributed by atoms with Gasteiger partial charge in [-0.05, 0) is 0 Å². The van der Waals surface area contributed by atoms with Crippen molar-refractivity contribution in [3.05, 3.63) is 0 Å². The minimum absolute atomic E-state index is 0.483. The Labute approximate surface area is 65.4 Å². The fourth-order valence-corrected chi connectivity index (χ4v) is 1.64. The molecule has 0 aromatic rings. The molecule has 0 aliphatic rings. The quantitative estimate of drug-likeness (QED) is 0.480. The summed E-state index contributed by atoms with van der Waals surface area (Å²) in [5, 5.41) is 17.2. The van der Waals surface area contributed by atoms with E-state index in [2.05, 4.69) is 0 Å². The van der Waals surface area contributed by atoms with Crippen LogP contribution in [-0.4, -0.2) is 42.2 Å². The zero-order valence-electron chi connectivity index (χ0n) is 6.19. The molecule has 3 N–H and O–H groups in total. The Morgan fingerprint density at radius 2 is 1.64 bits per heavy atom. The molecule has 5 nitrogen and oxygen atoms in total. The fourth-order valence-electron chi connectivity index (χ4n) is 0.582. The topological polar surface area (TPSA) is 94.8 Å². The van der Waals surface area contributed by atoms with Gasteiger partial charge >= 0.3 is 0 Å². The van der Waals surface area contributed by atoms with Gasteiger partial charge in [-0.15, -0.1) is 0 Å². The molecule has 0 unspecified atom stereocenters. The zero-order chi connectivity index (χ0) is 9.12. The van der Waals surface area contributed by atoms with E-state index in [4.69, 9.17) is 14.8 Å². The highest BCUT2D eigenvalue weighted by Gasteiger charge is 2.28. The first-order valence-electron chi connectivity index (χ1n) is 3.00. The van der Waals surface area contributed by atoms with Crippen LogP contribution in [0.4, 0.5) is 0 Å². The van der Waals surface area contributed by atoms with Crippen molar-refractivity contribution < 1.29 is 23.2 Å². The van der Waals surface area contributed by atoms with Crippen LogP contribution < -0.4 is 0 Å². The molecular weight excluding hydrogens is 172 g/mol. The predicted molar refractivity (Wildman–Crippen MR) is 38.7 cm³/mol. The van der Waals surface area contributed by atoms with E-state index in [0.29, 0.717) is 0 Å². The monoisotopic (exact) mass is 184 g/mol. The van der Waals surface area contributed by atoms with Gasteiger partial charge in [0.05, 0.1) is 19.0 Å². The normalized spacial score (nSPS) is 13.5. The van der Waals surface area contributed by atoms with E-state index in [1.165, 1.54) is 6.92 Å². The molecule has 0 aromatic heterocycles. The molecule has 0 bridgehead atoms. The van der Waals surface area contributed by atoms with Crippen LogP contribution in [0.1, 0.15) is 6.92 Å². The molecular formula is C5H12O5S. The minimum atomic E-state index is -4.13. The lowest BCUT2D eigenvalue weighted by atomic mass is 9.96. The van der Waals surface area contributed by atoms with E-state index in [1.54, 1.807) is 0 Å². The van der Waals surface area contributed by atoms with Gasteiger partial charge in [0.2, 0.25) is 0 Å². The first-order valence-corrected chi connectivity index (χ1v) is 4.61. The highest BCUT2D eigenvalue weighted by atomic mass is 32.2. The molecule has 0 fully saturated rings. The second-order valence-corrected chi connectivity index (χ2v) is 4.31. The van der Waals surface area contributed by atoms with Crippen LogP contribution in [0, 0.1) is 5.41 Å². The summed E-state index contributed by atoms with van der Waals surface area (Å²) >= 11 is 0. The third kappa shape index (κ3) is 4.31. The van der Waals surface area contributed by atoms with Crippen molar-refractivity contribution in [1.82, 2.24) is 0 Å². The summed E-state index contributed by atoms with van der Waals surface area (Å²) in [4.78, 5) is 0. The van der Waals surface area contributed by atoms with Gasteiger partial charge in [0.1, 0.15) is 0 Å². The maximum atomic E-state index is 10.3. The van der Waals surface area contributed by atoms with Crippen LogP contribution in [0.5, 0.6) is 0 Å². The smallest absolute Gasteiger partial charge is 0.265 e. The van der Waals surface area contributed by atoms with Gasteiger partial charge in [-0.1, -0.05) is 6.92 Å². The van der Waals surface area contributed by atoms with Crippen LogP contribution in [0.2, 0.25) is 0 Å². The fraction of sp³-hybridized carbons (Fsp3) is 1.00. The van der Waals surface area contributed by atoms with Crippen molar-refractivity contribution in [3.63, 3.8) is 0 Å². The molecule has 0 heterocycles. The number of rotatable bonds is 4. The van der Waals surface area contributed by atoms with Crippen molar-refractivity contribution in [3.8, 4) is 0 Å². The Bertz CT molecular complexity index is 203. The molecule has 0 amide bonds. The van der Waals surface area contributed by atoms with E-state index >= 15 is 0 Å². The summed E-state index contributed by atoms with van der Waals surface area (Å²) in [6.45, 7) is 0.396. The van der Waals surface area contributed by atoms with Gasteiger partial charge in [0, 0.05) is 5.41 Å². The van der Waals surface area contributed by atoms with E-state index in [0.717, 1.165) is 0 Å². The Morgan fingerprint density at radius 3 is 1.73 bits per heavy atom. The van der Waals surface area contributed by atoms with Crippen LogP contribution in [0.3, 0.4) is 0 Å². The lowest BCUT2D eigenvalue weighted by molar-refractivity contribution is 0.0866. The van der Waals surface area contributed by atoms with E-state index in [-0.39, 0.29) is 0 Å². The highest BCUT2D eigenvalue weighted by Crippen LogP contribution is 2.15. The third-order valence-corrected chi connectivity index (χ3v) is 2.36. The Balaban J connectivity index is 4.32. The molecule has 6 heteroatoms. The molecule has 0 rings (SSSR count). The third-order valence-electron chi connectivity index (χ3n) is 1.29. The average molecular weight is 184 g/mol. The van der Waals surface area contributed by atoms with E-state index in [1.807, 2.05) is 0 Å². The van der Waals surface area contributed by atoms with Crippen molar-refractivity contribution >= 4 is 10.1 Å². The van der Waals surface area contributed by atoms with E-state index in [9.17, 15) is 8.42 Å². The lowest BCUT2D eigenvalue weighted by Gasteiger charge is -2.21. The van der Waals surface area contributed by atoms with E-state index < -0.39 is 34.5 Å². The predicted octanol–water partition coefficient (Wildman–Crippen LogP) is -1.13. The number of aliphatic hydroxyl groups excluding tert-OH is 2. The first-order chi connectivity index (χ1) is 4.83. The zero-order valence-corrected chi connectivity index (χ0v) is 7.00. The van der Waals surface area contributed by atoms with Crippen molar-refractivity contribution in [2.75, 3.05) is 19.0 Å². The van der Waals surface area contributed by atoms with Gasteiger partial charge < -0.3 is 10.2 Å². The van der Waals surface area contributed by atoms with Crippen molar-refractivity contribution in [1.29, 1.82) is 0 Å². The number of hydrogen-bond acceptors (Lipinski definition) is 4. The molecule has 11 heavy (non-hydrogen) atoms. The molecule has 0 atom stereocenters. The van der Waals surface area contributed by atoms with Crippen molar-refractivity contribution in [2.24, 2.45) is 5.41 Å². The summed E-state index contributed by atoms with van der Waals surface area (Å²) in [7, 11) is -4.13. The average Bonchev–Trinajstić information content (AvgIpc) is 1.84. The Morgan fingerprint density at radius 1 is 1.27 bits per heavy atom. The summed E-state index contributed by atoms with van der Waals surface area (Å²) < 4.78 is 29.0. The van der Waals surface area contributed by atoms with Crippen LogP contribution in [0.25, 0.3) is 0 Å². The van der Waals surface area contributed by atoms with Crippen LogP contribution in [0.15, 0.2) is 0 Å². The van der Waals surface area contributed by atoms with Gasteiger partial charge in [-0.2, -0.15) is 8.42 Å². The maximum absolute atomic E-state index is 10.3. The van der Waals surface area contributed by atoms with Crippen LogP contribution in [-0.2, 0) is 10.1 Å². The highest BCUT2D eigenvalue weighted by molar-refractivity contribution is 7.85. The minimum Gasteiger partial charge on any atom is -0.396 e. The second-order valence-electron chi connectivity index (χ2n) is 2.85. The summed E-state index contributed by atoms with van der Waals surface area (Å²) in [6, 6.07) is 0.